The molecule has 1 aromatic rings. The fraction of sp³-hybridized carbons (Fsp3) is 0.273. The lowest BCUT2D eigenvalue weighted by Crippen LogP contribution is -2.44. The number of likely N-dealkylation sites (N-methyl/N-ethyl adjacent to an activating group) is 1. The van der Waals surface area contributed by atoms with Gasteiger partial charge in [0.15, 0.2) is 0 Å². The SMILES string of the molecule is CN(CC(N)C(N)=O)c1ccc(C#N)cc1. The molecule has 0 aliphatic rings. The van der Waals surface area contributed by atoms with E-state index in [1.807, 2.05) is 18.0 Å². The number of anilines is 1. The number of hydrogen-bond donors (Lipinski definition) is 2. The first-order valence-electron chi connectivity index (χ1n) is 4.81. The van der Waals surface area contributed by atoms with Crippen LogP contribution in [0.4, 0.5) is 5.69 Å². The zero-order valence-corrected chi connectivity index (χ0v) is 9.05. The van der Waals surface area contributed by atoms with E-state index in [1.165, 1.54) is 0 Å². The fourth-order valence-corrected chi connectivity index (χ4v) is 1.28. The molecule has 1 unspecified atom stereocenters. The number of carbonyl (C=O) groups excluding carboxylic acids is 1. The molecule has 1 amide bonds. The van der Waals surface area contributed by atoms with E-state index in [-0.39, 0.29) is 0 Å². The highest BCUT2D eigenvalue weighted by Crippen LogP contribution is 2.13. The molecule has 0 fully saturated rings. The van der Waals surface area contributed by atoms with Crippen molar-refractivity contribution in [1.82, 2.24) is 0 Å². The highest BCUT2D eigenvalue weighted by molar-refractivity contribution is 5.80. The van der Waals surface area contributed by atoms with Gasteiger partial charge in [-0.05, 0) is 24.3 Å². The third-order valence-electron chi connectivity index (χ3n) is 2.27. The van der Waals surface area contributed by atoms with Gasteiger partial charge in [0.05, 0.1) is 11.6 Å². The minimum Gasteiger partial charge on any atom is -0.373 e. The van der Waals surface area contributed by atoms with E-state index in [0.717, 1.165) is 5.69 Å². The highest BCUT2D eigenvalue weighted by Gasteiger charge is 2.12. The van der Waals surface area contributed by atoms with Gasteiger partial charge in [0.25, 0.3) is 0 Å². The first-order valence-corrected chi connectivity index (χ1v) is 4.81. The Morgan fingerprint density at radius 1 is 1.50 bits per heavy atom. The van der Waals surface area contributed by atoms with Crippen molar-refractivity contribution < 1.29 is 4.79 Å². The molecule has 5 heteroatoms. The molecular formula is C11H14N4O. The Labute approximate surface area is 94.2 Å². The van der Waals surface area contributed by atoms with E-state index in [4.69, 9.17) is 16.7 Å². The van der Waals surface area contributed by atoms with Gasteiger partial charge in [-0.3, -0.25) is 4.79 Å². The monoisotopic (exact) mass is 218 g/mol. The van der Waals surface area contributed by atoms with Crippen molar-refractivity contribution in [3.63, 3.8) is 0 Å². The van der Waals surface area contributed by atoms with Crippen LogP contribution in [0.5, 0.6) is 0 Å². The molecule has 0 aromatic heterocycles. The third kappa shape index (κ3) is 2.97. The van der Waals surface area contributed by atoms with Crippen molar-refractivity contribution in [1.29, 1.82) is 5.26 Å². The average Bonchev–Trinajstić information content (AvgIpc) is 2.28. The van der Waals surface area contributed by atoms with Crippen molar-refractivity contribution >= 4 is 11.6 Å². The van der Waals surface area contributed by atoms with Crippen LogP contribution in [-0.2, 0) is 4.79 Å². The molecule has 4 N–H and O–H groups in total. The van der Waals surface area contributed by atoms with Gasteiger partial charge in [0, 0.05) is 19.3 Å². The summed E-state index contributed by atoms with van der Waals surface area (Å²) in [6.07, 6.45) is 0. The first-order chi connectivity index (χ1) is 7.54. The minimum absolute atomic E-state index is 0.348. The highest BCUT2D eigenvalue weighted by atomic mass is 16.1. The van der Waals surface area contributed by atoms with Crippen LogP contribution >= 0.6 is 0 Å². The summed E-state index contributed by atoms with van der Waals surface area (Å²) in [5.74, 6) is -0.527. The summed E-state index contributed by atoms with van der Waals surface area (Å²) in [7, 11) is 1.81. The molecule has 0 saturated heterocycles. The fourth-order valence-electron chi connectivity index (χ4n) is 1.28. The first kappa shape index (κ1) is 12.0. The summed E-state index contributed by atoms with van der Waals surface area (Å²) in [4.78, 5) is 12.6. The van der Waals surface area contributed by atoms with Crippen LogP contribution in [0.15, 0.2) is 24.3 Å². The van der Waals surface area contributed by atoms with Crippen LogP contribution in [0.25, 0.3) is 0 Å². The van der Waals surface area contributed by atoms with Gasteiger partial charge in [0.1, 0.15) is 6.04 Å². The molecule has 16 heavy (non-hydrogen) atoms. The second-order valence-electron chi connectivity index (χ2n) is 3.55. The molecule has 0 radical (unpaired) electrons. The molecular weight excluding hydrogens is 204 g/mol. The van der Waals surface area contributed by atoms with Gasteiger partial charge >= 0.3 is 0 Å². The van der Waals surface area contributed by atoms with Gasteiger partial charge < -0.3 is 16.4 Å². The van der Waals surface area contributed by atoms with Crippen molar-refractivity contribution in [2.24, 2.45) is 11.5 Å². The molecule has 1 aromatic carbocycles. The van der Waals surface area contributed by atoms with Crippen LogP contribution in [0, 0.1) is 11.3 Å². The predicted molar refractivity (Wildman–Crippen MR) is 61.6 cm³/mol. The lowest BCUT2D eigenvalue weighted by atomic mass is 10.2. The molecule has 0 heterocycles. The van der Waals surface area contributed by atoms with Gasteiger partial charge in [-0.2, -0.15) is 5.26 Å². The molecule has 1 rings (SSSR count). The van der Waals surface area contributed by atoms with Crippen LogP contribution < -0.4 is 16.4 Å². The van der Waals surface area contributed by atoms with Crippen molar-refractivity contribution in [3.05, 3.63) is 29.8 Å². The zero-order valence-electron chi connectivity index (χ0n) is 9.05. The van der Waals surface area contributed by atoms with Crippen LogP contribution in [0.1, 0.15) is 5.56 Å². The number of nitrogens with two attached hydrogens (primary N) is 2. The molecule has 1 atom stereocenters. The largest absolute Gasteiger partial charge is 0.373 e. The predicted octanol–water partition coefficient (Wildman–Crippen LogP) is -0.193. The molecule has 84 valence electrons. The van der Waals surface area contributed by atoms with Gasteiger partial charge in [-0.1, -0.05) is 0 Å². The summed E-state index contributed by atoms with van der Waals surface area (Å²) in [6, 6.07) is 8.36. The molecule has 0 spiro atoms. The molecule has 5 nitrogen and oxygen atoms in total. The zero-order chi connectivity index (χ0) is 12.1. The van der Waals surface area contributed by atoms with E-state index in [0.29, 0.717) is 12.1 Å². The molecule has 0 aliphatic heterocycles. The standard InChI is InChI=1S/C11H14N4O/c1-15(7-10(13)11(14)16)9-4-2-8(6-12)3-5-9/h2-5,10H,7,13H2,1H3,(H2,14,16). The summed E-state index contributed by atoms with van der Waals surface area (Å²) in [5, 5.41) is 8.64. The van der Waals surface area contributed by atoms with E-state index in [1.54, 1.807) is 24.3 Å². The number of benzene rings is 1. The maximum atomic E-state index is 10.8. The summed E-state index contributed by atoms with van der Waals surface area (Å²) >= 11 is 0. The summed E-state index contributed by atoms with van der Waals surface area (Å²) in [6.45, 7) is 0.348. The number of nitrogens with zero attached hydrogens (tertiary/aromatic N) is 2. The number of carbonyl (C=O) groups is 1. The van der Waals surface area contributed by atoms with Crippen molar-refractivity contribution in [2.75, 3.05) is 18.5 Å². The quantitative estimate of drug-likeness (QED) is 0.731. The van der Waals surface area contributed by atoms with Gasteiger partial charge in [-0.15, -0.1) is 0 Å². The number of primary amides is 1. The Hall–Kier alpha value is -2.06. The van der Waals surface area contributed by atoms with E-state index in [9.17, 15) is 4.79 Å². The van der Waals surface area contributed by atoms with Gasteiger partial charge in [0.2, 0.25) is 5.91 Å². The van der Waals surface area contributed by atoms with Crippen LogP contribution in [0.2, 0.25) is 0 Å². The Kier molecular flexibility index (Phi) is 3.86. The van der Waals surface area contributed by atoms with Crippen LogP contribution in [-0.4, -0.2) is 25.5 Å². The van der Waals surface area contributed by atoms with E-state index >= 15 is 0 Å². The van der Waals surface area contributed by atoms with Crippen LogP contribution in [0.3, 0.4) is 0 Å². The number of rotatable bonds is 4. The maximum absolute atomic E-state index is 10.8. The molecule has 0 aliphatic carbocycles. The smallest absolute Gasteiger partial charge is 0.236 e. The summed E-state index contributed by atoms with van der Waals surface area (Å²) < 4.78 is 0. The van der Waals surface area contributed by atoms with Crippen molar-refractivity contribution in [2.45, 2.75) is 6.04 Å². The lowest BCUT2D eigenvalue weighted by molar-refractivity contribution is -0.119. The molecule has 0 bridgehead atoms. The Morgan fingerprint density at radius 2 is 2.06 bits per heavy atom. The number of nitriles is 1. The number of hydrogen-bond acceptors (Lipinski definition) is 4. The number of amides is 1. The second kappa shape index (κ2) is 5.14. The Bertz CT molecular complexity index is 407. The Morgan fingerprint density at radius 3 is 2.50 bits per heavy atom. The van der Waals surface area contributed by atoms with E-state index in [2.05, 4.69) is 0 Å². The minimum atomic E-state index is -0.694. The third-order valence-corrected chi connectivity index (χ3v) is 2.27. The lowest BCUT2D eigenvalue weighted by Gasteiger charge is -2.21. The second-order valence-corrected chi connectivity index (χ2v) is 3.55. The topological polar surface area (TPSA) is 96.1 Å². The van der Waals surface area contributed by atoms with E-state index < -0.39 is 11.9 Å². The average molecular weight is 218 g/mol. The van der Waals surface area contributed by atoms with Gasteiger partial charge in [-0.25, -0.2) is 0 Å². The maximum Gasteiger partial charge on any atom is 0.236 e. The molecule has 0 saturated carbocycles. The van der Waals surface area contributed by atoms with Crippen molar-refractivity contribution in [3.8, 4) is 6.07 Å². The summed E-state index contributed by atoms with van der Waals surface area (Å²) in [5.41, 5.74) is 12.1. The Balaban J connectivity index is 2.70. The normalized spacial score (nSPS) is 11.6.